The monoisotopic (exact) mass is 474 g/mol. The Morgan fingerprint density at radius 2 is 1.71 bits per heavy atom. The number of H-pyrrole nitrogens is 1. The van der Waals surface area contributed by atoms with Crippen LogP contribution in [0.1, 0.15) is 32.6 Å². The van der Waals surface area contributed by atoms with E-state index in [1.165, 1.54) is 0 Å². The first-order valence-corrected chi connectivity index (χ1v) is 10.9. The van der Waals surface area contributed by atoms with E-state index in [9.17, 15) is 9.59 Å². The molecule has 1 aromatic heterocycles. The van der Waals surface area contributed by atoms with Crippen molar-refractivity contribution >= 4 is 38.4 Å². The lowest BCUT2D eigenvalue weighted by atomic mass is 10.1. The molecule has 0 atom stereocenters. The third-order valence-corrected chi connectivity index (χ3v) is 6.19. The van der Waals surface area contributed by atoms with Crippen LogP contribution < -0.4 is 10.5 Å². The van der Waals surface area contributed by atoms with Crippen LogP contribution in [-0.2, 0) is 6.54 Å². The number of aromatic nitrogens is 1. The number of anilines is 1. The predicted octanol–water partition coefficient (Wildman–Crippen LogP) is 6.06. The van der Waals surface area contributed by atoms with Crippen molar-refractivity contribution in [3.63, 3.8) is 0 Å². The van der Waals surface area contributed by atoms with Crippen molar-refractivity contribution < 1.29 is 4.79 Å². The molecular weight excluding hydrogens is 452 g/mol. The van der Waals surface area contributed by atoms with Crippen molar-refractivity contribution in [3.05, 3.63) is 109 Å². The Balaban J connectivity index is 1.86. The molecule has 31 heavy (non-hydrogen) atoms. The van der Waals surface area contributed by atoms with Gasteiger partial charge in [0.2, 0.25) is 0 Å². The summed E-state index contributed by atoms with van der Waals surface area (Å²) in [6.45, 7) is 6.11. The van der Waals surface area contributed by atoms with Gasteiger partial charge in [-0.3, -0.25) is 9.59 Å². The Hall–Kier alpha value is -3.18. The lowest BCUT2D eigenvalue weighted by molar-refractivity contribution is 0.0984. The van der Waals surface area contributed by atoms with Crippen LogP contribution in [0, 0.1) is 20.8 Å². The van der Waals surface area contributed by atoms with Gasteiger partial charge in [-0.2, -0.15) is 0 Å². The van der Waals surface area contributed by atoms with Gasteiger partial charge in [0.05, 0.1) is 17.6 Å². The normalized spacial score (nSPS) is 11.0. The minimum absolute atomic E-state index is 0.162. The molecule has 4 rings (SSSR count). The van der Waals surface area contributed by atoms with Gasteiger partial charge in [0.15, 0.2) is 0 Å². The number of carbonyl (C=O) groups excluding carboxylic acids is 1. The maximum absolute atomic E-state index is 13.6. The average Bonchev–Trinajstić information content (AvgIpc) is 2.75. The predicted molar refractivity (Wildman–Crippen MR) is 130 cm³/mol. The molecule has 1 heterocycles. The van der Waals surface area contributed by atoms with Gasteiger partial charge < -0.3 is 9.88 Å². The summed E-state index contributed by atoms with van der Waals surface area (Å²) >= 11 is 3.50. The molecule has 0 bridgehead atoms. The molecule has 1 N–H and O–H groups in total. The molecule has 0 saturated heterocycles. The number of nitrogens with one attached hydrogen (secondary N) is 1. The summed E-state index contributed by atoms with van der Waals surface area (Å²) in [5.41, 5.74) is 5.56. The fourth-order valence-electron chi connectivity index (χ4n) is 3.77. The molecule has 3 aromatic carbocycles. The van der Waals surface area contributed by atoms with Crippen molar-refractivity contribution in [2.45, 2.75) is 27.3 Å². The number of carbonyl (C=O) groups is 1. The quantitative estimate of drug-likeness (QED) is 0.390. The second-order valence-electron chi connectivity index (χ2n) is 7.82. The number of halogens is 1. The van der Waals surface area contributed by atoms with Gasteiger partial charge in [0, 0.05) is 15.7 Å². The van der Waals surface area contributed by atoms with E-state index in [0.717, 1.165) is 37.8 Å². The first kappa shape index (κ1) is 21.1. The molecule has 0 unspecified atom stereocenters. The fourth-order valence-corrected chi connectivity index (χ4v) is 4.23. The number of amides is 1. The number of nitrogens with zero attached hydrogens (tertiary/aromatic N) is 1. The van der Waals surface area contributed by atoms with E-state index >= 15 is 0 Å². The Morgan fingerprint density at radius 1 is 0.935 bits per heavy atom. The van der Waals surface area contributed by atoms with Crippen molar-refractivity contribution in [1.29, 1.82) is 0 Å². The lowest BCUT2D eigenvalue weighted by Crippen LogP contribution is -2.33. The number of para-hydroxylation sites is 1. The van der Waals surface area contributed by atoms with Crippen molar-refractivity contribution in [3.8, 4) is 0 Å². The van der Waals surface area contributed by atoms with Crippen molar-refractivity contribution in [1.82, 2.24) is 4.98 Å². The summed E-state index contributed by atoms with van der Waals surface area (Å²) in [6, 6.07) is 21.1. The van der Waals surface area contributed by atoms with Gasteiger partial charge in [-0.25, -0.2) is 0 Å². The number of aromatic amines is 1. The molecule has 5 heteroatoms. The number of fused-ring (bicyclic) bond motifs is 1. The van der Waals surface area contributed by atoms with Crippen LogP contribution in [0.5, 0.6) is 0 Å². The molecule has 4 nitrogen and oxygen atoms in total. The highest BCUT2D eigenvalue weighted by Gasteiger charge is 2.23. The summed E-state index contributed by atoms with van der Waals surface area (Å²) in [5, 5.41) is 0.948. The number of benzene rings is 3. The maximum atomic E-state index is 13.6. The maximum Gasteiger partial charge on any atom is 0.259 e. The molecule has 0 aliphatic carbocycles. The van der Waals surface area contributed by atoms with E-state index in [0.29, 0.717) is 11.1 Å². The second-order valence-corrected chi connectivity index (χ2v) is 8.68. The van der Waals surface area contributed by atoms with Gasteiger partial charge in [0.25, 0.3) is 11.5 Å². The highest BCUT2D eigenvalue weighted by Crippen LogP contribution is 2.28. The molecule has 0 aliphatic rings. The summed E-state index contributed by atoms with van der Waals surface area (Å²) in [4.78, 5) is 31.3. The summed E-state index contributed by atoms with van der Waals surface area (Å²) in [7, 11) is 0. The summed E-state index contributed by atoms with van der Waals surface area (Å²) in [5.74, 6) is -0.162. The van der Waals surface area contributed by atoms with Gasteiger partial charge in [-0.05, 0) is 83.0 Å². The highest BCUT2D eigenvalue weighted by molar-refractivity contribution is 9.10. The van der Waals surface area contributed by atoms with Gasteiger partial charge >= 0.3 is 0 Å². The topological polar surface area (TPSA) is 53.2 Å². The Labute approximate surface area is 189 Å². The first-order valence-electron chi connectivity index (χ1n) is 10.1. The summed E-state index contributed by atoms with van der Waals surface area (Å²) in [6.07, 6.45) is 0. The highest BCUT2D eigenvalue weighted by atomic mass is 79.9. The largest absolute Gasteiger partial charge is 0.321 e. The fraction of sp³-hybridized carbons (Fsp3) is 0.154. The van der Waals surface area contributed by atoms with E-state index in [2.05, 4.69) is 20.9 Å². The van der Waals surface area contributed by atoms with Crippen LogP contribution in [0.4, 0.5) is 5.69 Å². The SMILES string of the molecule is Cc1ccc(C)c(N(Cc2cc3cccc(C)c3[nH]c2=O)C(=O)c2ccccc2Br)c1. The number of pyridine rings is 1. The van der Waals surface area contributed by atoms with Gasteiger partial charge in [-0.15, -0.1) is 0 Å². The van der Waals surface area contributed by atoms with Crippen LogP contribution in [0.25, 0.3) is 10.9 Å². The number of rotatable bonds is 4. The van der Waals surface area contributed by atoms with Crippen LogP contribution in [0.3, 0.4) is 0 Å². The minimum Gasteiger partial charge on any atom is -0.321 e. The molecule has 156 valence electrons. The smallest absolute Gasteiger partial charge is 0.259 e. The van der Waals surface area contributed by atoms with Crippen LogP contribution in [-0.4, -0.2) is 10.9 Å². The zero-order valence-electron chi connectivity index (χ0n) is 17.7. The third kappa shape index (κ3) is 4.19. The molecule has 0 fully saturated rings. The Bertz CT molecular complexity index is 1360. The second kappa shape index (κ2) is 8.52. The molecular formula is C26H23BrN2O2. The van der Waals surface area contributed by atoms with E-state index in [1.807, 2.05) is 81.4 Å². The molecule has 0 aliphatic heterocycles. The van der Waals surface area contributed by atoms with Gasteiger partial charge in [0.1, 0.15) is 0 Å². The standard InChI is InChI=1S/C26H23BrN2O2/c1-16-11-12-17(2)23(13-16)29(26(31)21-9-4-5-10-22(21)27)15-20-14-19-8-6-7-18(3)24(19)28-25(20)30/h4-14H,15H2,1-3H3,(H,28,30). The van der Waals surface area contributed by atoms with E-state index < -0.39 is 0 Å². The Morgan fingerprint density at radius 3 is 2.48 bits per heavy atom. The average molecular weight is 475 g/mol. The van der Waals surface area contributed by atoms with Crippen LogP contribution in [0.15, 0.2) is 76.0 Å². The van der Waals surface area contributed by atoms with E-state index in [1.54, 1.807) is 11.0 Å². The van der Waals surface area contributed by atoms with Crippen molar-refractivity contribution in [2.75, 3.05) is 4.90 Å². The minimum atomic E-state index is -0.183. The van der Waals surface area contributed by atoms with Crippen molar-refractivity contribution in [2.24, 2.45) is 0 Å². The number of hydrogen-bond donors (Lipinski definition) is 1. The van der Waals surface area contributed by atoms with Crippen LogP contribution in [0.2, 0.25) is 0 Å². The molecule has 0 spiro atoms. The molecule has 1 amide bonds. The van der Waals surface area contributed by atoms with E-state index in [4.69, 9.17) is 0 Å². The molecule has 4 aromatic rings. The number of hydrogen-bond acceptors (Lipinski definition) is 2. The lowest BCUT2D eigenvalue weighted by Gasteiger charge is -2.25. The molecule has 0 radical (unpaired) electrons. The first-order chi connectivity index (χ1) is 14.8. The van der Waals surface area contributed by atoms with Crippen LogP contribution >= 0.6 is 15.9 Å². The zero-order valence-corrected chi connectivity index (χ0v) is 19.3. The van der Waals surface area contributed by atoms with E-state index in [-0.39, 0.29) is 18.0 Å². The number of aryl methyl sites for hydroxylation is 3. The molecule has 0 saturated carbocycles. The third-order valence-electron chi connectivity index (χ3n) is 5.50. The summed E-state index contributed by atoms with van der Waals surface area (Å²) < 4.78 is 0.721. The zero-order chi connectivity index (χ0) is 22.1. The Kier molecular flexibility index (Phi) is 5.79. The van der Waals surface area contributed by atoms with Gasteiger partial charge in [-0.1, -0.05) is 42.5 Å².